The average Bonchev–Trinajstić information content (AvgIpc) is 3.07. The smallest absolute Gasteiger partial charge is 0.435 e. The molecule has 0 aliphatic rings. The Morgan fingerprint density at radius 3 is 0.761 bits per heavy atom. The molecule has 0 saturated heterocycles. The van der Waals surface area contributed by atoms with Gasteiger partial charge in [-0.2, -0.15) is 0 Å². The van der Waals surface area contributed by atoms with Crippen molar-refractivity contribution in [1.82, 2.24) is 16.0 Å². The largest absolute Gasteiger partial charge is 0.439 e. The first-order chi connectivity index (χ1) is 22.4. The number of unbranched alkanes of at least 4 members (excludes halogenated alkanes) is 16. The van der Waals surface area contributed by atoms with E-state index in [4.69, 9.17) is 31.4 Å². The highest BCUT2D eigenvalue weighted by Crippen LogP contribution is 2.08. The summed E-state index contributed by atoms with van der Waals surface area (Å²) in [4.78, 5) is 9.02. The van der Waals surface area contributed by atoms with E-state index in [1.165, 1.54) is 116 Å². The van der Waals surface area contributed by atoms with Gasteiger partial charge in [0.1, 0.15) is 0 Å². The van der Waals surface area contributed by atoms with Gasteiger partial charge in [-0.3, -0.25) is 17.2 Å². The van der Waals surface area contributed by atoms with Crippen LogP contribution in [0.3, 0.4) is 0 Å². The molecule has 0 aliphatic carbocycles. The van der Waals surface area contributed by atoms with Crippen molar-refractivity contribution in [3.63, 3.8) is 0 Å². The van der Waals surface area contributed by atoms with Gasteiger partial charge in [0.25, 0.3) is 0 Å². The number of hydrogen-bond acceptors (Lipinski definition) is 6. The summed E-state index contributed by atoms with van der Waals surface area (Å²) in [7, 11) is 10.7. The van der Waals surface area contributed by atoms with E-state index < -0.39 is 0 Å². The number of hydrogen-bond donors (Lipinski definition) is 9. The van der Waals surface area contributed by atoms with Crippen molar-refractivity contribution >= 4 is 18.1 Å². The first-order valence-electron chi connectivity index (χ1n) is 18.1. The lowest BCUT2D eigenvalue weighted by Crippen LogP contribution is -2.76. The third-order valence-electron chi connectivity index (χ3n) is 7.37. The van der Waals surface area contributed by atoms with Crippen LogP contribution in [0.5, 0.6) is 0 Å². The Hall–Kier alpha value is -2.31. The second-order valence-corrected chi connectivity index (χ2v) is 11.5. The molecule has 276 valence electrons. The van der Waals surface area contributed by atoms with Crippen LogP contribution in [0.4, 0.5) is 0 Å². The molecule has 0 aromatic heterocycles. The fraction of sp³-hybridized carbons (Fsp3) is 0.912. The fourth-order valence-electron chi connectivity index (χ4n) is 4.43. The predicted molar refractivity (Wildman–Crippen MR) is 196 cm³/mol. The Labute approximate surface area is 283 Å². The number of nitrogens with one attached hydrogen (secondary N) is 6. The zero-order chi connectivity index (χ0) is 34.8. The van der Waals surface area contributed by atoms with Gasteiger partial charge in [0, 0.05) is 0 Å². The standard InChI is InChI=1S/C13H29N3O.C12H27N3O.C9H21N3O/c1-15-11-9-7-5-3-4-6-8-10-12-16-13(14)17-2;1-14-10-8-6-4-3-5-7-9-11-15-12(13)16-2;1-11-7-5-3-4-6-8-12-9(10)13-2/h15H,3-12H2,1-2H3,(H2,14,16);14H,3-11H2,1-2H3,(H2,13,15);11H,3-8H2,1-2H3,(H2,10,12)/p+3. The molecule has 46 heavy (non-hydrogen) atoms. The van der Waals surface area contributed by atoms with Crippen LogP contribution in [0.25, 0.3) is 0 Å². The summed E-state index contributed by atoms with van der Waals surface area (Å²) in [5.41, 5.74) is 16.3. The molecule has 12 nitrogen and oxygen atoms in total. The van der Waals surface area contributed by atoms with Gasteiger partial charge in [0.2, 0.25) is 0 Å². The first kappa shape index (κ1) is 48.1. The Kier molecular flexibility index (Phi) is 46.9. The van der Waals surface area contributed by atoms with Crippen molar-refractivity contribution in [3.8, 4) is 0 Å². The van der Waals surface area contributed by atoms with E-state index >= 15 is 0 Å². The van der Waals surface area contributed by atoms with Crippen LogP contribution in [-0.4, -0.2) is 99.8 Å². The minimum absolute atomic E-state index is 0.412. The van der Waals surface area contributed by atoms with Crippen molar-refractivity contribution in [2.45, 2.75) is 122 Å². The molecule has 0 unspecified atom stereocenters. The molecule has 12 heteroatoms. The Balaban J connectivity index is -0.000000609. The van der Waals surface area contributed by atoms with Gasteiger partial charge in [0.05, 0.1) is 41.0 Å². The summed E-state index contributed by atoms with van der Waals surface area (Å²) >= 11 is 0. The topological polar surface area (TPSA) is 184 Å². The first-order valence-corrected chi connectivity index (χ1v) is 18.1. The third kappa shape index (κ3) is 48.6. The van der Waals surface area contributed by atoms with Gasteiger partial charge in [-0.25, -0.2) is 15.0 Å². The van der Waals surface area contributed by atoms with Gasteiger partial charge in [0.15, 0.2) is 0 Å². The van der Waals surface area contributed by atoms with Crippen molar-refractivity contribution < 1.29 is 29.2 Å². The maximum Gasteiger partial charge on any atom is 0.439 e. The molecule has 12 N–H and O–H groups in total. The highest BCUT2D eigenvalue weighted by atomic mass is 16.5. The molecule has 0 rings (SSSR count). The van der Waals surface area contributed by atoms with E-state index in [1.807, 2.05) is 21.1 Å². The van der Waals surface area contributed by atoms with Crippen LogP contribution in [0, 0.1) is 0 Å². The van der Waals surface area contributed by atoms with E-state index in [2.05, 4.69) is 30.9 Å². The summed E-state index contributed by atoms with van der Waals surface area (Å²) < 4.78 is 14.4. The third-order valence-corrected chi connectivity index (χ3v) is 7.37. The van der Waals surface area contributed by atoms with E-state index in [-0.39, 0.29) is 0 Å². The fourth-order valence-corrected chi connectivity index (χ4v) is 4.43. The highest BCUT2D eigenvalue weighted by molar-refractivity contribution is 5.64. The molecule has 0 aliphatic heterocycles. The zero-order valence-corrected chi connectivity index (χ0v) is 31.1. The Morgan fingerprint density at radius 1 is 0.370 bits per heavy atom. The molecule has 0 atom stereocenters. The number of methoxy groups -OCH3 is 3. The average molecular weight is 663 g/mol. The minimum atomic E-state index is 0.412. The molecule has 0 spiro atoms. The number of nitrogens with two attached hydrogens (primary N) is 3. The summed E-state index contributed by atoms with van der Waals surface area (Å²) in [6.45, 7) is 6.15. The van der Waals surface area contributed by atoms with E-state index in [1.54, 1.807) is 21.3 Å². The SMILES string of the molecule is CNCCCCCCCCCC[NH+]=C(N)OC.CNCCCCCCCCC[NH+]=C(N)OC.CNCCCCCC[NH+]=C(N)OC. The second kappa shape index (κ2) is 44.8. The quantitative estimate of drug-likeness (QED) is 0.0293. The van der Waals surface area contributed by atoms with Gasteiger partial charge in [-0.15, -0.1) is 0 Å². The molecule has 0 fully saturated rings. The van der Waals surface area contributed by atoms with Crippen LogP contribution in [0.1, 0.15) is 122 Å². The Morgan fingerprint density at radius 2 is 0.565 bits per heavy atom. The normalized spacial score (nSPS) is 11.7. The number of amidine groups is 3. The van der Waals surface area contributed by atoms with E-state index in [9.17, 15) is 0 Å². The summed E-state index contributed by atoms with van der Waals surface area (Å²) in [5, 5.41) is 9.47. The molecule has 0 aromatic rings. The number of rotatable bonds is 28. The number of ether oxygens (including phenoxy) is 3. The molecule has 0 aromatic carbocycles. The minimum Gasteiger partial charge on any atom is -0.435 e. The predicted octanol–water partition coefficient (Wildman–Crippen LogP) is -0.846. The molecular weight excluding hydrogens is 582 g/mol. The van der Waals surface area contributed by atoms with Crippen molar-refractivity contribution in [2.24, 2.45) is 17.2 Å². The van der Waals surface area contributed by atoms with Crippen LogP contribution in [0.15, 0.2) is 0 Å². The van der Waals surface area contributed by atoms with Gasteiger partial charge in [-0.1, -0.05) is 64.2 Å². The summed E-state index contributed by atoms with van der Waals surface area (Å²) in [5.74, 6) is 0. The maximum atomic E-state index is 5.47. The second-order valence-electron chi connectivity index (χ2n) is 11.5. The van der Waals surface area contributed by atoms with Gasteiger partial charge >= 0.3 is 18.1 Å². The lowest BCUT2D eigenvalue weighted by Gasteiger charge is -2.01. The lowest BCUT2D eigenvalue weighted by molar-refractivity contribution is -0.469. The van der Waals surface area contributed by atoms with E-state index in [0.29, 0.717) is 18.1 Å². The molecule has 0 amide bonds. The van der Waals surface area contributed by atoms with Crippen LogP contribution >= 0.6 is 0 Å². The van der Waals surface area contributed by atoms with Crippen molar-refractivity contribution in [3.05, 3.63) is 0 Å². The van der Waals surface area contributed by atoms with Crippen molar-refractivity contribution in [2.75, 3.05) is 81.7 Å². The molecule has 0 saturated carbocycles. The molecule has 0 heterocycles. The van der Waals surface area contributed by atoms with Crippen LogP contribution in [0.2, 0.25) is 0 Å². The lowest BCUT2D eigenvalue weighted by atomic mass is 10.1. The summed E-state index contributed by atoms with van der Waals surface area (Å²) in [6.07, 6.45) is 24.6. The summed E-state index contributed by atoms with van der Waals surface area (Å²) in [6, 6.07) is 1.26. The van der Waals surface area contributed by atoms with Crippen LogP contribution < -0.4 is 48.1 Å². The van der Waals surface area contributed by atoms with Crippen LogP contribution in [-0.2, 0) is 14.2 Å². The molecule has 0 bridgehead atoms. The Bertz CT molecular complexity index is 666. The molecular formula is C34H80N9O3+3. The monoisotopic (exact) mass is 663 g/mol. The zero-order valence-electron chi connectivity index (χ0n) is 31.1. The highest BCUT2D eigenvalue weighted by Gasteiger charge is 1.97. The maximum absolute atomic E-state index is 5.47. The van der Waals surface area contributed by atoms with E-state index in [0.717, 1.165) is 45.7 Å². The van der Waals surface area contributed by atoms with Gasteiger partial charge < -0.3 is 30.2 Å². The molecule has 0 radical (unpaired) electrons. The van der Waals surface area contributed by atoms with Gasteiger partial charge in [-0.05, 0) is 98.6 Å². The van der Waals surface area contributed by atoms with Crippen molar-refractivity contribution in [1.29, 1.82) is 0 Å².